The lowest BCUT2D eigenvalue weighted by Gasteiger charge is -2.20. The Hall–Kier alpha value is -0.770. The summed E-state index contributed by atoms with van der Waals surface area (Å²) in [6, 6.07) is 8.81. The molecule has 3 rings (SSSR count). The number of halogens is 1. The first-order valence-corrected chi connectivity index (χ1v) is 7.95. The van der Waals surface area contributed by atoms with E-state index in [1.807, 2.05) is 0 Å². The lowest BCUT2D eigenvalue weighted by molar-refractivity contribution is 0.204. The van der Waals surface area contributed by atoms with E-state index < -0.39 is 0 Å². The molecule has 1 aliphatic heterocycles. The number of para-hydroxylation sites is 1. The molecule has 2 atom stereocenters. The maximum Gasteiger partial charge on any atom is 0.124 e. The van der Waals surface area contributed by atoms with Crippen LogP contribution in [0.25, 0.3) is 0 Å². The Morgan fingerprint density at radius 2 is 1.90 bits per heavy atom. The first-order valence-electron chi connectivity index (χ1n) is 7.95. The van der Waals surface area contributed by atoms with Gasteiger partial charge < -0.3 is 10.5 Å². The second kappa shape index (κ2) is 7.48. The molecule has 1 saturated carbocycles. The SMILES string of the molecule is CC1CN(Cc2ccccc2OC2CCCC2)CC1N.Cl. The van der Waals surface area contributed by atoms with E-state index in [4.69, 9.17) is 10.5 Å². The van der Waals surface area contributed by atoms with E-state index in [0.717, 1.165) is 25.4 Å². The Balaban J connectivity index is 0.00000161. The van der Waals surface area contributed by atoms with Gasteiger partial charge in [0.25, 0.3) is 0 Å². The highest BCUT2D eigenvalue weighted by atomic mass is 35.5. The number of rotatable bonds is 4. The van der Waals surface area contributed by atoms with E-state index in [2.05, 4.69) is 36.1 Å². The van der Waals surface area contributed by atoms with Crippen molar-refractivity contribution in [2.45, 2.75) is 51.3 Å². The zero-order chi connectivity index (χ0) is 13.9. The minimum atomic E-state index is 0. The van der Waals surface area contributed by atoms with Gasteiger partial charge in [-0.2, -0.15) is 0 Å². The lowest BCUT2D eigenvalue weighted by Crippen LogP contribution is -2.28. The monoisotopic (exact) mass is 310 g/mol. The maximum atomic E-state index is 6.21. The second-order valence-corrected chi connectivity index (χ2v) is 6.47. The van der Waals surface area contributed by atoms with Crippen LogP contribution in [0.2, 0.25) is 0 Å². The molecular weight excluding hydrogens is 284 g/mol. The van der Waals surface area contributed by atoms with Crippen LogP contribution in [0.3, 0.4) is 0 Å². The van der Waals surface area contributed by atoms with Crippen molar-refractivity contribution < 1.29 is 4.74 Å². The molecule has 21 heavy (non-hydrogen) atoms. The standard InChI is InChI=1S/C17H26N2O.ClH/c1-13-10-19(12-16(13)18)11-14-6-2-5-9-17(14)20-15-7-3-4-8-15;/h2,5-6,9,13,15-16H,3-4,7-8,10-12,18H2,1H3;1H. The van der Waals surface area contributed by atoms with Crippen molar-refractivity contribution in [3.05, 3.63) is 29.8 Å². The predicted octanol–water partition coefficient (Wildman–Crippen LogP) is 3.21. The molecule has 4 heteroatoms. The molecule has 1 heterocycles. The molecule has 2 fully saturated rings. The van der Waals surface area contributed by atoms with Gasteiger partial charge in [-0.15, -0.1) is 12.4 Å². The molecule has 1 aromatic carbocycles. The molecule has 0 bridgehead atoms. The van der Waals surface area contributed by atoms with Gasteiger partial charge in [-0.1, -0.05) is 25.1 Å². The molecule has 2 aliphatic rings. The fourth-order valence-corrected chi connectivity index (χ4v) is 3.40. The minimum Gasteiger partial charge on any atom is -0.490 e. The third kappa shape index (κ3) is 4.12. The van der Waals surface area contributed by atoms with Crippen molar-refractivity contribution in [1.82, 2.24) is 4.90 Å². The van der Waals surface area contributed by atoms with Gasteiger partial charge >= 0.3 is 0 Å². The van der Waals surface area contributed by atoms with Crippen LogP contribution in [-0.4, -0.2) is 30.1 Å². The van der Waals surface area contributed by atoms with Crippen LogP contribution in [0.1, 0.15) is 38.2 Å². The number of hydrogen-bond acceptors (Lipinski definition) is 3. The van der Waals surface area contributed by atoms with Gasteiger partial charge in [0.2, 0.25) is 0 Å². The van der Waals surface area contributed by atoms with E-state index >= 15 is 0 Å². The van der Waals surface area contributed by atoms with Gasteiger partial charge in [0.15, 0.2) is 0 Å². The highest BCUT2D eigenvalue weighted by Crippen LogP contribution is 2.28. The molecule has 3 nitrogen and oxygen atoms in total. The van der Waals surface area contributed by atoms with Crippen LogP contribution in [0.15, 0.2) is 24.3 Å². The average Bonchev–Trinajstić information content (AvgIpc) is 3.03. The van der Waals surface area contributed by atoms with Crippen molar-refractivity contribution in [2.75, 3.05) is 13.1 Å². The van der Waals surface area contributed by atoms with E-state index in [9.17, 15) is 0 Å². The summed E-state index contributed by atoms with van der Waals surface area (Å²) in [6.45, 7) is 5.30. The molecule has 0 aromatic heterocycles. The van der Waals surface area contributed by atoms with Gasteiger partial charge in [-0.3, -0.25) is 4.90 Å². The summed E-state index contributed by atoms with van der Waals surface area (Å²) < 4.78 is 6.21. The van der Waals surface area contributed by atoms with Gasteiger partial charge in [0.1, 0.15) is 5.75 Å². The summed E-state index contributed by atoms with van der Waals surface area (Å²) in [5, 5.41) is 0. The largest absolute Gasteiger partial charge is 0.490 e. The summed E-state index contributed by atoms with van der Waals surface area (Å²) in [5.41, 5.74) is 7.43. The van der Waals surface area contributed by atoms with Crippen molar-refractivity contribution in [3.8, 4) is 5.75 Å². The fourth-order valence-electron chi connectivity index (χ4n) is 3.40. The Labute approximate surface area is 134 Å². The van der Waals surface area contributed by atoms with E-state index in [1.54, 1.807) is 0 Å². The Kier molecular flexibility index (Phi) is 5.91. The Morgan fingerprint density at radius 3 is 2.57 bits per heavy atom. The van der Waals surface area contributed by atoms with E-state index in [0.29, 0.717) is 18.1 Å². The van der Waals surface area contributed by atoms with Gasteiger partial charge in [-0.25, -0.2) is 0 Å². The zero-order valence-electron chi connectivity index (χ0n) is 12.8. The second-order valence-electron chi connectivity index (χ2n) is 6.47. The smallest absolute Gasteiger partial charge is 0.124 e. The molecule has 0 spiro atoms. The highest BCUT2D eigenvalue weighted by molar-refractivity contribution is 5.85. The number of nitrogens with two attached hydrogens (primary N) is 1. The fraction of sp³-hybridized carbons (Fsp3) is 0.647. The van der Waals surface area contributed by atoms with Crippen molar-refractivity contribution in [2.24, 2.45) is 11.7 Å². The summed E-state index contributed by atoms with van der Waals surface area (Å²) >= 11 is 0. The molecule has 1 aliphatic carbocycles. The summed E-state index contributed by atoms with van der Waals surface area (Å²) in [7, 11) is 0. The van der Waals surface area contributed by atoms with Crippen molar-refractivity contribution in [3.63, 3.8) is 0 Å². The topological polar surface area (TPSA) is 38.5 Å². The van der Waals surface area contributed by atoms with Crippen LogP contribution >= 0.6 is 12.4 Å². The van der Waals surface area contributed by atoms with E-state index in [1.165, 1.54) is 31.2 Å². The first kappa shape index (κ1) is 16.6. The molecular formula is C17H27ClN2O. The number of hydrogen-bond donors (Lipinski definition) is 1. The van der Waals surface area contributed by atoms with Crippen LogP contribution in [0, 0.1) is 5.92 Å². The van der Waals surface area contributed by atoms with Crippen LogP contribution in [0.4, 0.5) is 0 Å². The number of likely N-dealkylation sites (tertiary alicyclic amines) is 1. The first-order chi connectivity index (χ1) is 9.72. The summed E-state index contributed by atoms with van der Waals surface area (Å²) in [5.74, 6) is 1.67. The summed E-state index contributed by atoms with van der Waals surface area (Å²) in [6.07, 6.45) is 5.47. The molecule has 1 aromatic rings. The van der Waals surface area contributed by atoms with Gasteiger partial charge in [0.05, 0.1) is 6.10 Å². The Morgan fingerprint density at radius 1 is 1.19 bits per heavy atom. The summed E-state index contributed by atoms with van der Waals surface area (Å²) in [4.78, 5) is 2.45. The average molecular weight is 311 g/mol. The van der Waals surface area contributed by atoms with Crippen molar-refractivity contribution in [1.29, 1.82) is 0 Å². The molecule has 2 unspecified atom stereocenters. The van der Waals surface area contributed by atoms with Crippen LogP contribution < -0.4 is 10.5 Å². The quantitative estimate of drug-likeness (QED) is 0.928. The zero-order valence-corrected chi connectivity index (χ0v) is 13.6. The van der Waals surface area contributed by atoms with Gasteiger partial charge in [0, 0.05) is 31.2 Å². The van der Waals surface area contributed by atoms with Crippen molar-refractivity contribution >= 4 is 12.4 Å². The third-order valence-corrected chi connectivity index (χ3v) is 4.71. The highest BCUT2D eigenvalue weighted by Gasteiger charge is 2.27. The Bertz CT molecular complexity index is 438. The molecule has 0 amide bonds. The normalized spacial score (nSPS) is 26.8. The minimum absolute atomic E-state index is 0. The number of nitrogens with zero attached hydrogens (tertiary/aromatic N) is 1. The molecule has 0 radical (unpaired) electrons. The maximum absolute atomic E-state index is 6.21. The molecule has 118 valence electrons. The van der Waals surface area contributed by atoms with E-state index in [-0.39, 0.29) is 12.4 Å². The molecule has 1 saturated heterocycles. The third-order valence-electron chi connectivity index (χ3n) is 4.71. The predicted molar refractivity (Wildman–Crippen MR) is 89.0 cm³/mol. The molecule has 2 N–H and O–H groups in total. The van der Waals surface area contributed by atoms with Crippen LogP contribution in [-0.2, 0) is 6.54 Å². The number of benzene rings is 1. The van der Waals surface area contributed by atoms with Crippen LogP contribution in [0.5, 0.6) is 5.75 Å². The van der Waals surface area contributed by atoms with Gasteiger partial charge in [-0.05, 0) is 37.7 Å². The number of ether oxygens (including phenoxy) is 1. The lowest BCUT2D eigenvalue weighted by atomic mass is 10.1.